The van der Waals surface area contributed by atoms with Gasteiger partial charge in [-0.05, 0) is 48.4 Å². The molecule has 1 heterocycles. The van der Waals surface area contributed by atoms with E-state index in [4.69, 9.17) is 9.47 Å². The van der Waals surface area contributed by atoms with Gasteiger partial charge >= 0.3 is 5.97 Å². The van der Waals surface area contributed by atoms with Gasteiger partial charge in [-0.2, -0.15) is 4.99 Å². The monoisotopic (exact) mass is 444 g/mol. The van der Waals surface area contributed by atoms with Crippen molar-refractivity contribution in [2.75, 3.05) is 20.0 Å². The highest BCUT2D eigenvalue weighted by Crippen LogP contribution is 2.22. The number of carbonyl (C=O) groups is 2. The van der Waals surface area contributed by atoms with Crippen LogP contribution in [0, 0.1) is 0 Å². The van der Waals surface area contributed by atoms with Gasteiger partial charge < -0.3 is 14.0 Å². The number of carbonyl (C=O) groups excluding carboxylic acids is 2. The molecule has 0 N–H and O–H groups in total. The number of esters is 1. The Morgan fingerprint density at radius 1 is 1.13 bits per heavy atom. The van der Waals surface area contributed by atoms with E-state index in [1.165, 1.54) is 24.0 Å². The van der Waals surface area contributed by atoms with Gasteiger partial charge in [-0.1, -0.05) is 24.3 Å². The number of methoxy groups -OCH3 is 2. The van der Waals surface area contributed by atoms with Crippen LogP contribution in [-0.4, -0.2) is 36.4 Å². The fourth-order valence-corrected chi connectivity index (χ4v) is 4.81. The minimum Gasteiger partial charge on any atom is -0.497 e. The first-order chi connectivity index (χ1) is 14.5. The highest BCUT2D eigenvalue weighted by atomic mass is 32.2. The first-order valence-electron chi connectivity index (χ1n) is 9.57. The lowest BCUT2D eigenvalue weighted by molar-refractivity contribution is -0.141. The number of rotatable bonds is 8. The Bertz CT molecular complexity index is 1100. The van der Waals surface area contributed by atoms with Gasteiger partial charge in [0.05, 0.1) is 24.4 Å². The molecule has 3 rings (SSSR count). The van der Waals surface area contributed by atoms with E-state index >= 15 is 0 Å². The quantitative estimate of drug-likeness (QED) is 0.387. The molecule has 0 unspecified atom stereocenters. The van der Waals surface area contributed by atoms with E-state index in [1.807, 2.05) is 36.4 Å². The molecule has 0 aliphatic rings. The number of thiazole rings is 1. The third kappa shape index (κ3) is 5.52. The van der Waals surface area contributed by atoms with E-state index in [9.17, 15) is 9.59 Å². The molecule has 0 radical (unpaired) electrons. The highest BCUT2D eigenvalue weighted by Gasteiger charge is 2.12. The fraction of sp³-hybridized carbons (Fsp3) is 0.318. The molecule has 0 bridgehead atoms. The number of thioether (sulfide) groups is 1. The number of nitrogens with zero attached hydrogens (tertiary/aromatic N) is 2. The van der Waals surface area contributed by atoms with E-state index < -0.39 is 0 Å². The molecule has 0 fully saturated rings. The van der Waals surface area contributed by atoms with Gasteiger partial charge in [0.25, 0.3) is 0 Å². The Morgan fingerprint density at radius 3 is 2.57 bits per heavy atom. The molecule has 0 aliphatic carbocycles. The second-order valence-electron chi connectivity index (χ2n) is 6.48. The van der Waals surface area contributed by atoms with Crippen LogP contribution < -0.4 is 9.54 Å². The third-order valence-corrected chi connectivity index (χ3v) is 6.59. The summed E-state index contributed by atoms with van der Waals surface area (Å²) in [6.45, 7) is 2.11. The largest absolute Gasteiger partial charge is 0.497 e. The van der Waals surface area contributed by atoms with Crippen molar-refractivity contribution < 1.29 is 19.1 Å². The van der Waals surface area contributed by atoms with E-state index in [-0.39, 0.29) is 18.4 Å². The molecule has 8 heteroatoms. The number of hydrogen-bond acceptors (Lipinski definition) is 6. The number of ether oxygens (including phenoxy) is 2. The molecule has 158 valence electrons. The molecule has 0 saturated carbocycles. The van der Waals surface area contributed by atoms with E-state index in [0.29, 0.717) is 17.0 Å². The maximum Gasteiger partial charge on any atom is 0.325 e. The molecule has 0 saturated heterocycles. The summed E-state index contributed by atoms with van der Waals surface area (Å²) in [4.78, 5) is 30.3. The summed E-state index contributed by atoms with van der Waals surface area (Å²) in [6, 6.07) is 13.8. The normalized spacial score (nSPS) is 11.6. The molecule has 6 nitrogen and oxygen atoms in total. The first-order valence-corrected chi connectivity index (χ1v) is 11.4. The summed E-state index contributed by atoms with van der Waals surface area (Å²) in [7, 11) is 2.98. The molecule has 1 aromatic heterocycles. The molecule has 0 spiro atoms. The Morgan fingerprint density at radius 2 is 1.90 bits per heavy atom. The molecular weight excluding hydrogens is 420 g/mol. The molecule has 0 aliphatic heterocycles. The average Bonchev–Trinajstić information content (AvgIpc) is 3.09. The zero-order chi connectivity index (χ0) is 21.5. The Balaban J connectivity index is 1.77. The SMILES string of the molecule is CCc1ccc2c(c1)sc(=NC(=O)CCSc1ccc(OC)cc1)n2CC(=O)OC. The molecule has 30 heavy (non-hydrogen) atoms. The predicted molar refractivity (Wildman–Crippen MR) is 120 cm³/mol. The van der Waals surface area contributed by atoms with Crippen LogP contribution in [0.15, 0.2) is 52.4 Å². The number of fused-ring (bicyclic) bond motifs is 1. The van der Waals surface area contributed by atoms with Gasteiger partial charge in [0.15, 0.2) is 4.80 Å². The van der Waals surface area contributed by atoms with Crippen molar-refractivity contribution >= 4 is 45.2 Å². The maximum absolute atomic E-state index is 12.5. The lowest BCUT2D eigenvalue weighted by Gasteiger charge is -2.04. The van der Waals surface area contributed by atoms with Gasteiger partial charge in [-0.25, -0.2) is 0 Å². The summed E-state index contributed by atoms with van der Waals surface area (Å²) in [5, 5.41) is 0. The van der Waals surface area contributed by atoms with Crippen LogP contribution in [0.3, 0.4) is 0 Å². The van der Waals surface area contributed by atoms with E-state index in [1.54, 1.807) is 23.4 Å². The van der Waals surface area contributed by atoms with Crippen LogP contribution in [0.5, 0.6) is 5.75 Å². The zero-order valence-electron chi connectivity index (χ0n) is 17.2. The average molecular weight is 445 g/mol. The highest BCUT2D eigenvalue weighted by molar-refractivity contribution is 7.99. The van der Waals surface area contributed by atoms with Gasteiger partial charge in [0.2, 0.25) is 5.91 Å². The van der Waals surface area contributed by atoms with Gasteiger partial charge in [-0.15, -0.1) is 11.8 Å². The minimum absolute atomic E-state index is 0.0225. The summed E-state index contributed by atoms with van der Waals surface area (Å²) in [6.07, 6.45) is 1.22. The minimum atomic E-state index is -0.377. The van der Waals surface area contributed by atoms with Gasteiger partial charge in [-0.3, -0.25) is 9.59 Å². The van der Waals surface area contributed by atoms with Gasteiger partial charge in [0, 0.05) is 17.1 Å². The van der Waals surface area contributed by atoms with Crippen molar-refractivity contribution in [3.8, 4) is 5.75 Å². The topological polar surface area (TPSA) is 69.9 Å². The first kappa shape index (κ1) is 22.1. The van der Waals surface area contributed by atoms with E-state index in [0.717, 1.165) is 27.3 Å². The van der Waals surface area contributed by atoms with Crippen LogP contribution >= 0.6 is 23.1 Å². The molecular formula is C22H24N2O4S2. The second kappa shape index (κ2) is 10.4. The lowest BCUT2D eigenvalue weighted by Crippen LogP contribution is -2.22. The predicted octanol–water partition coefficient (Wildman–Crippen LogP) is 4.06. The fourth-order valence-electron chi connectivity index (χ4n) is 2.86. The summed E-state index contributed by atoms with van der Waals surface area (Å²) in [5.41, 5.74) is 2.07. The van der Waals surface area contributed by atoms with Crippen molar-refractivity contribution in [3.05, 3.63) is 52.8 Å². The van der Waals surface area contributed by atoms with Crippen LogP contribution in [-0.2, 0) is 27.3 Å². The van der Waals surface area contributed by atoms with Crippen LogP contribution in [0.2, 0.25) is 0 Å². The van der Waals surface area contributed by atoms with Crippen molar-refractivity contribution in [2.24, 2.45) is 4.99 Å². The molecule has 1 amide bonds. The molecule has 2 aromatic carbocycles. The zero-order valence-corrected chi connectivity index (χ0v) is 18.8. The summed E-state index contributed by atoms with van der Waals surface area (Å²) < 4.78 is 12.7. The van der Waals surface area contributed by atoms with Crippen LogP contribution in [0.1, 0.15) is 18.9 Å². The smallest absolute Gasteiger partial charge is 0.325 e. The van der Waals surface area contributed by atoms with Crippen molar-refractivity contribution in [3.63, 3.8) is 0 Å². The Kier molecular flexibility index (Phi) is 7.70. The Labute approximate surface area is 183 Å². The maximum atomic E-state index is 12.5. The standard InChI is InChI=1S/C22H24N2O4S2/c1-4-15-5-10-18-19(13-15)30-22(24(18)14-21(26)28-3)23-20(25)11-12-29-17-8-6-16(27-2)7-9-17/h5-10,13H,4,11-12,14H2,1-3H3. The number of aromatic nitrogens is 1. The van der Waals surface area contributed by atoms with Gasteiger partial charge in [0.1, 0.15) is 12.3 Å². The number of benzene rings is 2. The van der Waals surface area contributed by atoms with Crippen LogP contribution in [0.4, 0.5) is 0 Å². The van der Waals surface area contributed by atoms with Crippen LogP contribution in [0.25, 0.3) is 10.2 Å². The molecule has 3 aromatic rings. The van der Waals surface area contributed by atoms with E-state index in [2.05, 4.69) is 18.0 Å². The number of aryl methyl sites for hydroxylation is 1. The second-order valence-corrected chi connectivity index (χ2v) is 8.66. The Hall–Kier alpha value is -2.58. The third-order valence-electron chi connectivity index (χ3n) is 4.53. The van der Waals surface area contributed by atoms with Crippen molar-refractivity contribution in [1.29, 1.82) is 0 Å². The number of hydrogen-bond donors (Lipinski definition) is 0. The molecule has 0 atom stereocenters. The summed E-state index contributed by atoms with van der Waals surface area (Å²) >= 11 is 3.01. The lowest BCUT2D eigenvalue weighted by atomic mass is 10.2. The summed E-state index contributed by atoms with van der Waals surface area (Å²) in [5.74, 6) is 0.836. The van der Waals surface area contributed by atoms with Crippen molar-refractivity contribution in [1.82, 2.24) is 4.57 Å². The number of amides is 1. The van der Waals surface area contributed by atoms with Crippen molar-refractivity contribution in [2.45, 2.75) is 31.2 Å².